The summed E-state index contributed by atoms with van der Waals surface area (Å²) in [4.78, 5) is 28.5. The quantitative estimate of drug-likeness (QED) is 0.445. The number of hydrogen-bond donors (Lipinski definition) is 3. The van der Waals surface area contributed by atoms with Gasteiger partial charge in [-0.2, -0.15) is 4.98 Å². The molecule has 0 aliphatic carbocycles. The van der Waals surface area contributed by atoms with Crippen LogP contribution in [0.1, 0.15) is 49.5 Å². The predicted molar refractivity (Wildman–Crippen MR) is 141 cm³/mol. The molecule has 0 unspecified atom stereocenters. The zero-order valence-electron chi connectivity index (χ0n) is 21.6. The average molecular weight is 511 g/mol. The van der Waals surface area contributed by atoms with Crippen molar-refractivity contribution >= 4 is 34.4 Å². The molecule has 0 radical (unpaired) electrons. The fourth-order valence-corrected chi connectivity index (χ4v) is 5.08. The minimum Gasteiger partial charge on any atom is -0.378 e. The number of nitrogens with zero attached hydrogens (tertiary/aromatic N) is 5. The molecular formula is C26H35FN8O2. The summed E-state index contributed by atoms with van der Waals surface area (Å²) in [6, 6.07) is 4.02. The van der Waals surface area contributed by atoms with Crippen LogP contribution in [0.5, 0.6) is 0 Å². The smallest absolute Gasteiger partial charge is 0.253 e. The highest BCUT2D eigenvalue weighted by Gasteiger charge is 2.30. The Morgan fingerprint density at radius 3 is 2.76 bits per heavy atom. The van der Waals surface area contributed by atoms with Gasteiger partial charge in [0.05, 0.1) is 23.7 Å². The number of carbonyl (C=O) groups is 1. The molecule has 0 bridgehead atoms. The number of alkyl halides is 1. The van der Waals surface area contributed by atoms with Crippen LogP contribution in [0.2, 0.25) is 0 Å². The maximum Gasteiger partial charge on any atom is 0.253 e. The molecule has 5 heterocycles. The van der Waals surface area contributed by atoms with E-state index in [0.29, 0.717) is 36.1 Å². The third-order valence-electron chi connectivity index (χ3n) is 7.16. The Balaban J connectivity index is 1.36. The number of ether oxygens (including phenoxy) is 1. The van der Waals surface area contributed by atoms with Gasteiger partial charge in [0, 0.05) is 55.8 Å². The van der Waals surface area contributed by atoms with Gasteiger partial charge in [0.15, 0.2) is 0 Å². The van der Waals surface area contributed by atoms with Crippen LogP contribution in [0.25, 0.3) is 10.9 Å². The molecule has 198 valence electrons. The van der Waals surface area contributed by atoms with E-state index in [4.69, 9.17) is 4.74 Å². The van der Waals surface area contributed by atoms with Crippen LogP contribution < -0.4 is 20.9 Å². The molecule has 1 amide bonds. The fourth-order valence-electron chi connectivity index (χ4n) is 5.08. The number of hydrogen-bond acceptors (Lipinski definition) is 8. The Kier molecular flexibility index (Phi) is 7.52. The van der Waals surface area contributed by atoms with Crippen LogP contribution in [0.3, 0.4) is 0 Å². The van der Waals surface area contributed by atoms with Gasteiger partial charge in [-0.15, -0.1) is 0 Å². The van der Waals surface area contributed by atoms with E-state index in [1.54, 1.807) is 18.5 Å². The van der Waals surface area contributed by atoms with Crippen molar-refractivity contribution in [3.8, 4) is 0 Å². The number of aromatic nitrogens is 4. The number of amides is 1. The van der Waals surface area contributed by atoms with Crippen molar-refractivity contribution in [3.05, 3.63) is 36.3 Å². The van der Waals surface area contributed by atoms with E-state index in [1.807, 2.05) is 17.2 Å². The molecule has 37 heavy (non-hydrogen) atoms. The SMILES string of the molecule is CO[C@H]1CCN(c2nccc(Nc3cc4c(cn3)c(C(=O)NC3CCNCC3)cn4C(C)C)n2)C[C@H]1F. The number of pyridine rings is 1. The number of rotatable bonds is 7. The highest BCUT2D eigenvalue weighted by Crippen LogP contribution is 2.28. The summed E-state index contributed by atoms with van der Waals surface area (Å²) in [5, 5.41) is 10.6. The minimum absolute atomic E-state index is 0.0670. The lowest BCUT2D eigenvalue weighted by molar-refractivity contribution is 0.0194. The predicted octanol–water partition coefficient (Wildman–Crippen LogP) is 3.20. The number of anilines is 3. The zero-order valence-corrected chi connectivity index (χ0v) is 21.6. The number of methoxy groups -OCH3 is 1. The molecule has 2 aliphatic rings. The van der Waals surface area contributed by atoms with Crippen molar-refractivity contribution in [1.82, 2.24) is 30.2 Å². The van der Waals surface area contributed by atoms with Crippen molar-refractivity contribution in [2.24, 2.45) is 0 Å². The highest BCUT2D eigenvalue weighted by molar-refractivity contribution is 6.07. The summed E-state index contributed by atoms with van der Waals surface area (Å²) >= 11 is 0. The Hall–Kier alpha value is -3.31. The summed E-state index contributed by atoms with van der Waals surface area (Å²) in [6.45, 7) is 6.82. The second-order valence-corrected chi connectivity index (χ2v) is 10.0. The molecule has 11 heteroatoms. The summed E-state index contributed by atoms with van der Waals surface area (Å²) < 4.78 is 21.7. The van der Waals surface area contributed by atoms with Gasteiger partial charge in [-0.25, -0.2) is 14.4 Å². The molecule has 2 atom stereocenters. The Labute approximate surface area is 216 Å². The van der Waals surface area contributed by atoms with Crippen molar-refractivity contribution < 1.29 is 13.9 Å². The van der Waals surface area contributed by atoms with Crippen LogP contribution >= 0.6 is 0 Å². The summed E-state index contributed by atoms with van der Waals surface area (Å²) in [5.41, 5.74) is 1.55. The van der Waals surface area contributed by atoms with Gasteiger partial charge in [0.2, 0.25) is 5.95 Å². The van der Waals surface area contributed by atoms with E-state index in [1.165, 1.54) is 7.11 Å². The first kappa shape index (κ1) is 25.3. The van der Waals surface area contributed by atoms with Crippen LogP contribution in [0.15, 0.2) is 30.7 Å². The van der Waals surface area contributed by atoms with E-state index >= 15 is 0 Å². The number of fused-ring (bicyclic) bond motifs is 1. The second-order valence-electron chi connectivity index (χ2n) is 10.0. The first-order valence-electron chi connectivity index (χ1n) is 13.0. The fraction of sp³-hybridized carbons (Fsp3) is 0.538. The maximum absolute atomic E-state index is 14.4. The molecule has 5 rings (SSSR count). The number of nitrogens with one attached hydrogen (secondary N) is 3. The Morgan fingerprint density at radius 2 is 2.03 bits per heavy atom. The van der Waals surface area contributed by atoms with Crippen LogP contribution in [-0.2, 0) is 4.74 Å². The lowest BCUT2D eigenvalue weighted by Crippen LogP contribution is -2.46. The lowest BCUT2D eigenvalue weighted by Gasteiger charge is -2.33. The monoisotopic (exact) mass is 510 g/mol. The van der Waals surface area contributed by atoms with Gasteiger partial charge >= 0.3 is 0 Å². The molecule has 0 saturated carbocycles. The molecule has 2 saturated heterocycles. The normalized spacial score (nSPS) is 20.9. The van der Waals surface area contributed by atoms with Gasteiger partial charge in [-0.3, -0.25) is 4.79 Å². The molecule has 3 aromatic rings. The first-order valence-corrected chi connectivity index (χ1v) is 13.0. The molecule has 0 aromatic carbocycles. The lowest BCUT2D eigenvalue weighted by atomic mass is 10.1. The van der Waals surface area contributed by atoms with Gasteiger partial charge in [-0.1, -0.05) is 0 Å². The molecule has 3 aromatic heterocycles. The van der Waals surface area contributed by atoms with Crippen molar-refractivity contribution in [1.29, 1.82) is 0 Å². The molecule has 3 N–H and O–H groups in total. The maximum atomic E-state index is 14.4. The third-order valence-corrected chi connectivity index (χ3v) is 7.16. The van der Waals surface area contributed by atoms with Crippen LogP contribution in [-0.4, -0.2) is 77.0 Å². The van der Waals surface area contributed by atoms with Crippen molar-refractivity contribution in [3.63, 3.8) is 0 Å². The second kappa shape index (κ2) is 11.0. The molecule has 0 spiro atoms. The first-order chi connectivity index (χ1) is 17.9. The number of piperidine rings is 2. The zero-order chi connectivity index (χ0) is 25.9. The summed E-state index contributed by atoms with van der Waals surface area (Å²) in [6.07, 6.45) is 6.26. The van der Waals surface area contributed by atoms with E-state index in [-0.39, 0.29) is 24.5 Å². The van der Waals surface area contributed by atoms with E-state index < -0.39 is 12.3 Å². The molecule has 2 aliphatic heterocycles. The van der Waals surface area contributed by atoms with Gasteiger partial charge < -0.3 is 30.2 Å². The molecule has 2 fully saturated rings. The van der Waals surface area contributed by atoms with Crippen LogP contribution in [0, 0.1) is 0 Å². The Morgan fingerprint density at radius 1 is 1.22 bits per heavy atom. The summed E-state index contributed by atoms with van der Waals surface area (Å²) in [5.74, 6) is 1.56. The summed E-state index contributed by atoms with van der Waals surface area (Å²) in [7, 11) is 1.54. The van der Waals surface area contributed by atoms with E-state index in [9.17, 15) is 9.18 Å². The van der Waals surface area contributed by atoms with Gasteiger partial charge in [0.1, 0.15) is 17.8 Å². The van der Waals surface area contributed by atoms with E-state index in [2.05, 4.69) is 49.3 Å². The largest absolute Gasteiger partial charge is 0.378 e. The van der Waals surface area contributed by atoms with Crippen LogP contribution in [0.4, 0.5) is 22.0 Å². The van der Waals surface area contributed by atoms with Crippen molar-refractivity contribution in [2.75, 3.05) is 43.5 Å². The minimum atomic E-state index is -1.09. The van der Waals surface area contributed by atoms with E-state index in [0.717, 1.165) is 36.8 Å². The highest BCUT2D eigenvalue weighted by atomic mass is 19.1. The molecular weight excluding hydrogens is 475 g/mol. The van der Waals surface area contributed by atoms with Crippen molar-refractivity contribution in [2.45, 2.75) is 57.5 Å². The van der Waals surface area contributed by atoms with Gasteiger partial charge in [-0.05, 0) is 52.3 Å². The van der Waals surface area contributed by atoms with Gasteiger partial charge in [0.25, 0.3) is 5.91 Å². The number of halogens is 1. The average Bonchev–Trinajstić information content (AvgIpc) is 3.29. The number of carbonyl (C=O) groups excluding carboxylic acids is 1. The molecule has 10 nitrogen and oxygen atoms in total. The standard InChI is InChI=1S/C26H35FN8O2/c1-16(2)35-14-19(25(36)31-17-4-8-28-9-5-17)18-13-30-24(12-21(18)35)32-23-6-10-29-26(33-23)34-11-7-22(37-3)20(27)15-34/h6,10,12-14,16-17,20,22,28H,4-5,7-9,11,15H2,1-3H3,(H,31,36)(H,29,30,32,33)/t20-,22+/m1/s1. The third kappa shape index (κ3) is 5.52. The Bertz CT molecular complexity index is 1240. The topological polar surface area (TPSA) is 109 Å².